The van der Waals surface area contributed by atoms with Gasteiger partial charge in [-0.25, -0.2) is 4.98 Å². The van der Waals surface area contributed by atoms with Crippen LogP contribution >= 0.6 is 0 Å². The standard InChI is InChI=1S/C8H7NO.CH2O2/c1-6-9-7-4-2-3-5-8(7)10-6;2-1-3/h2-5H,1H3;1H,(H,2,3). The van der Waals surface area contributed by atoms with Gasteiger partial charge in [0.2, 0.25) is 0 Å². The lowest BCUT2D eigenvalue weighted by Crippen LogP contribution is -1.65. The van der Waals surface area contributed by atoms with E-state index >= 15 is 0 Å². The van der Waals surface area contributed by atoms with E-state index in [2.05, 4.69) is 4.98 Å². The Labute approximate surface area is 74.8 Å². The monoisotopic (exact) mass is 179 g/mol. The highest BCUT2D eigenvalue weighted by molar-refractivity contribution is 5.71. The predicted molar refractivity (Wildman–Crippen MR) is 47.4 cm³/mol. The summed E-state index contributed by atoms with van der Waals surface area (Å²) in [5.41, 5.74) is 1.79. The number of aromatic nitrogens is 1. The van der Waals surface area contributed by atoms with Crippen molar-refractivity contribution in [3.8, 4) is 0 Å². The molecule has 0 spiro atoms. The van der Waals surface area contributed by atoms with Gasteiger partial charge >= 0.3 is 0 Å². The van der Waals surface area contributed by atoms with E-state index in [0.29, 0.717) is 0 Å². The summed E-state index contributed by atoms with van der Waals surface area (Å²) >= 11 is 0. The summed E-state index contributed by atoms with van der Waals surface area (Å²) in [6.07, 6.45) is 0. The predicted octanol–water partition coefficient (Wildman–Crippen LogP) is 1.84. The van der Waals surface area contributed by atoms with Gasteiger partial charge < -0.3 is 9.52 Å². The zero-order valence-electron chi connectivity index (χ0n) is 7.10. The quantitative estimate of drug-likeness (QED) is 0.626. The molecule has 0 fully saturated rings. The lowest BCUT2D eigenvalue weighted by Gasteiger charge is -1.79. The summed E-state index contributed by atoms with van der Waals surface area (Å²) in [6, 6.07) is 7.73. The molecule has 2 aromatic rings. The third-order valence-corrected chi connectivity index (χ3v) is 1.40. The van der Waals surface area contributed by atoms with Gasteiger partial charge in [0.25, 0.3) is 6.47 Å². The van der Waals surface area contributed by atoms with Crippen molar-refractivity contribution < 1.29 is 14.3 Å². The van der Waals surface area contributed by atoms with Crippen molar-refractivity contribution in [2.45, 2.75) is 6.92 Å². The molecule has 0 bridgehead atoms. The number of benzene rings is 1. The number of aryl methyl sites for hydroxylation is 1. The Bertz CT molecular complexity index is 361. The van der Waals surface area contributed by atoms with Gasteiger partial charge in [-0.05, 0) is 12.1 Å². The first-order chi connectivity index (χ1) is 6.27. The summed E-state index contributed by atoms with van der Waals surface area (Å²) in [6.45, 7) is 1.60. The molecule has 0 saturated carbocycles. The van der Waals surface area contributed by atoms with E-state index in [9.17, 15) is 0 Å². The topological polar surface area (TPSA) is 63.3 Å². The Balaban J connectivity index is 0.000000251. The molecule has 0 unspecified atom stereocenters. The molecule has 0 atom stereocenters. The Morgan fingerprint density at radius 2 is 2.08 bits per heavy atom. The van der Waals surface area contributed by atoms with E-state index in [1.807, 2.05) is 31.2 Å². The van der Waals surface area contributed by atoms with Gasteiger partial charge in [-0.3, -0.25) is 4.79 Å². The number of para-hydroxylation sites is 2. The van der Waals surface area contributed by atoms with Crippen molar-refractivity contribution >= 4 is 17.6 Å². The average Bonchev–Trinajstić information content (AvgIpc) is 2.45. The maximum absolute atomic E-state index is 8.36. The second kappa shape index (κ2) is 4.25. The van der Waals surface area contributed by atoms with Crippen molar-refractivity contribution in [2.75, 3.05) is 0 Å². The maximum Gasteiger partial charge on any atom is 0.290 e. The van der Waals surface area contributed by atoms with Crippen LogP contribution in [0.4, 0.5) is 0 Å². The number of nitrogens with zero attached hydrogens (tertiary/aromatic N) is 1. The molecule has 13 heavy (non-hydrogen) atoms. The molecule has 2 rings (SSSR count). The van der Waals surface area contributed by atoms with Gasteiger partial charge in [-0.15, -0.1) is 0 Å². The second-order valence-electron chi connectivity index (χ2n) is 2.31. The SMILES string of the molecule is Cc1nc2ccccc2o1.O=CO. The first-order valence-corrected chi connectivity index (χ1v) is 3.68. The number of oxazole rings is 1. The van der Waals surface area contributed by atoms with E-state index in [0.717, 1.165) is 17.0 Å². The molecule has 4 heteroatoms. The number of carbonyl (C=O) groups is 1. The van der Waals surface area contributed by atoms with E-state index in [1.54, 1.807) is 0 Å². The van der Waals surface area contributed by atoms with Crippen LogP contribution in [0.5, 0.6) is 0 Å². The fourth-order valence-electron chi connectivity index (χ4n) is 0.987. The molecular weight excluding hydrogens is 170 g/mol. The van der Waals surface area contributed by atoms with E-state index < -0.39 is 0 Å². The zero-order valence-corrected chi connectivity index (χ0v) is 7.10. The lowest BCUT2D eigenvalue weighted by atomic mass is 10.3. The van der Waals surface area contributed by atoms with Gasteiger partial charge in [0, 0.05) is 6.92 Å². The maximum atomic E-state index is 8.36. The van der Waals surface area contributed by atoms with Crippen LogP contribution < -0.4 is 0 Å². The molecule has 1 heterocycles. The molecule has 1 N–H and O–H groups in total. The third kappa shape index (κ3) is 2.30. The summed E-state index contributed by atoms with van der Waals surface area (Å²) in [7, 11) is 0. The minimum absolute atomic E-state index is 0.250. The first-order valence-electron chi connectivity index (χ1n) is 3.68. The van der Waals surface area contributed by atoms with E-state index in [1.165, 1.54) is 0 Å². The number of carboxylic acid groups (broad SMARTS) is 1. The Kier molecular flexibility index (Phi) is 3.03. The van der Waals surface area contributed by atoms with Crippen LogP contribution in [0.15, 0.2) is 28.7 Å². The number of fused-ring (bicyclic) bond motifs is 1. The fraction of sp³-hybridized carbons (Fsp3) is 0.111. The molecule has 1 aromatic heterocycles. The molecule has 0 amide bonds. The molecule has 4 nitrogen and oxygen atoms in total. The number of hydrogen-bond acceptors (Lipinski definition) is 3. The van der Waals surface area contributed by atoms with E-state index in [4.69, 9.17) is 14.3 Å². The minimum Gasteiger partial charge on any atom is -0.483 e. The van der Waals surface area contributed by atoms with Crippen molar-refractivity contribution in [1.29, 1.82) is 0 Å². The van der Waals surface area contributed by atoms with Gasteiger partial charge in [-0.2, -0.15) is 0 Å². The highest BCUT2D eigenvalue weighted by atomic mass is 16.3. The Morgan fingerprint density at radius 1 is 1.46 bits per heavy atom. The van der Waals surface area contributed by atoms with Gasteiger partial charge in [0.1, 0.15) is 5.52 Å². The van der Waals surface area contributed by atoms with Gasteiger partial charge in [0.15, 0.2) is 11.5 Å². The van der Waals surface area contributed by atoms with Crippen LogP contribution in [-0.4, -0.2) is 16.6 Å². The summed E-state index contributed by atoms with van der Waals surface area (Å²) in [5, 5.41) is 6.89. The Morgan fingerprint density at radius 3 is 2.69 bits per heavy atom. The smallest absolute Gasteiger partial charge is 0.290 e. The van der Waals surface area contributed by atoms with Gasteiger partial charge in [0.05, 0.1) is 0 Å². The largest absolute Gasteiger partial charge is 0.483 e. The van der Waals surface area contributed by atoms with Crippen molar-refractivity contribution in [3.05, 3.63) is 30.2 Å². The summed E-state index contributed by atoms with van der Waals surface area (Å²) in [5.74, 6) is 0.723. The van der Waals surface area contributed by atoms with Crippen LogP contribution in [0.2, 0.25) is 0 Å². The van der Waals surface area contributed by atoms with Crippen molar-refractivity contribution in [1.82, 2.24) is 4.98 Å². The molecule has 68 valence electrons. The second-order valence-corrected chi connectivity index (χ2v) is 2.31. The highest BCUT2D eigenvalue weighted by Crippen LogP contribution is 2.12. The molecular formula is C9H9NO3. The van der Waals surface area contributed by atoms with Crippen molar-refractivity contribution in [3.63, 3.8) is 0 Å². The van der Waals surface area contributed by atoms with Crippen LogP contribution in [0.1, 0.15) is 5.89 Å². The molecule has 1 aromatic carbocycles. The molecule has 0 aliphatic rings. The van der Waals surface area contributed by atoms with Crippen molar-refractivity contribution in [2.24, 2.45) is 0 Å². The Hall–Kier alpha value is -1.84. The normalized spacial score (nSPS) is 9.00. The lowest BCUT2D eigenvalue weighted by molar-refractivity contribution is -0.122. The zero-order chi connectivity index (χ0) is 9.68. The minimum atomic E-state index is -0.250. The van der Waals surface area contributed by atoms with E-state index in [-0.39, 0.29) is 6.47 Å². The van der Waals surface area contributed by atoms with Gasteiger partial charge in [-0.1, -0.05) is 12.1 Å². The van der Waals surface area contributed by atoms with Crippen LogP contribution in [0.3, 0.4) is 0 Å². The van der Waals surface area contributed by atoms with Crippen LogP contribution in [0.25, 0.3) is 11.1 Å². The number of rotatable bonds is 0. The summed E-state index contributed by atoms with van der Waals surface area (Å²) in [4.78, 5) is 12.5. The molecule has 0 radical (unpaired) electrons. The molecule has 0 saturated heterocycles. The number of hydrogen-bond donors (Lipinski definition) is 1. The molecule has 0 aliphatic heterocycles. The highest BCUT2D eigenvalue weighted by Gasteiger charge is 1.97. The average molecular weight is 179 g/mol. The molecule has 0 aliphatic carbocycles. The van der Waals surface area contributed by atoms with Crippen LogP contribution in [0, 0.1) is 6.92 Å². The van der Waals surface area contributed by atoms with Crippen LogP contribution in [-0.2, 0) is 4.79 Å². The summed E-state index contributed by atoms with van der Waals surface area (Å²) < 4.78 is 5.26. The fourth-order valence-corrected chi connectivity index (χ4v) is 0.987. The first kappa shape index (κ1) is 9.25. The third-order valence-electron chi connectivity index (χ3n) is 1.40.